The number of carbonyl (C=O) groups excluding carboxylic acids is 3. The third kappa shape index (κ3) is 5.36. The lowest BCUT2D eigenvalue weighted by molar-refractivity contribution is -0.199. The minimum atomic E-state index is -0.867. The molecule has 4 rings (SSSR count). The van der Waals surface area contributed by atoms with Crippen LogP contribution in [-0.2, 0) is 47.5 Å². The summed E-state index contributed by atoms with van der Waals surface area (Å²) in [4.78, 5) is 32.9. The van der Waals surface area contributed by atoms with E-state index in [0.29, 0.717) is 19.1 Å². The summed E-state index contributed by atoms with van der Waals surface area (Å²) in [7, 11) is 0. The van der Waals surface area contributed by atoms with Gasteiger partial charge in [-0.15, -0.1) is 0 Å². The second kappa shape index (κ2) is 9.81. The molecule has 0 N–H and O–H groups in total. The lowest BCUT2D eigenvalue weighted by Gasteiger charge is -2.21. The quantitative estimate of drug-likeness (QED) is 0.461. The maximum absolute atomic E-state index is 11.0. The first-order valence-corrected chi connectivity index (χ1v) is 10.6. The molecule has 0 aliphatic carbocycles. The molecule has 0 aromatic carbocycles. The van der Waals surface area contributed by atoms with E-state index in [0.717, 1.165) is 0 Å². The number of hydrogen-bond acceptors (Lipinski definition) is 10. The van der Waals surface area contributed by atoms with Gasteiger partial charge in [-0.3, -0.25) is 14.4 Å². The molecule has 4 aliphatic rings. The van der Waals surface area contributed by atoms with Crippen molar-refractivity contribution >= 4 is 17.9 Å². The van der Waals surface area contributed by atoms with Crippen molar-refractivity contribution in [2.24, 2.45) is 11.8 Å². The molecule has 4 saturated heterocycles. The maximum atomic E-state index is 11.0. The molecule has 10 heteroatoms. The summed E-state index contributed by atoms with van der Waals surface area (Å²) in [5, 5.41) is 0. The van der Waals surface area contributed by atoms with E-state index in [4.69, 9.17) is 33.2 Å². The SMILES string of the molecule is CC(=O)OC1OC2C(OC[C@H]2C)[C@H]1OC(C)=O.CC(=O)O[C@@H]1C2OC[C@@H](C)C2O[C@H]1C. The van der Waals surface area contributed by atoms with Crippen molar-refractivity contribution in [3.63, 3.8) is 0 Å². The molecule has 0 aromatic heterocycles. The van der Waals surface area contributed by atoms with Crippen LogP contribution in [0.5, 0.6) is 0 Å². The van der Waals surface area contributed by atoms with Crippen LogP contribution in [0.1, 0.15) is 41.5 Å². The van der Waals surface area contributed by atoms with Crippen molar-refractivity contribution in [1.82, 2.24) is 0 Å². The fraction of sp³-hybridized carbons (Fsp3) is 0.857. The third-order valence-electron chi connectivity index (χ3n) is 5.80. The fourth-order valence-electron chi connectivity index (χ4n) is 4.45. The molecule has 4 heterocycles. The van der Waals surface area contributed by atoms with Crippen molar-refractivity contribution in [2.45, 2.75) is 90.6 Å². The van der Waals surface area contributed by atoms with E-state index in [1.165, 1.54) is 20.8 Å². The first-order chi connectivity index (χ1) is 14.6. The van der Waals surface area contributed by atoms with E-state index in [9.17, 15) is 14.4 Å². The van der Waals surface area contributed by atoms with Crippen LogP contribution in [-0.4, -0.2) is 80.1 Å². The summed E-state index contributed by atoms with van der Waals surface area (Å²) < 4.78 is 37.7. The minimum Gasteiger partial charge on any atom is -0.457 e. The summed E-state index contributed by atoms with van der Waals surface area (Å²) in [6, 6.07) is 0. The smallest absolute Gasteiger partial charge is 0.305 e. The Kier molecular flexibility index (Phi) is 7.56. The van der Waals surface area contributed by atoms with E-state index < -0.39 is 24.3 Å². The van der Waals surface area contributed by atoms with Gasteiger partial charge < -0.3 is 33.2 Å². The summed E-state index contributed by atoms with van der Waals surface area (Å²) >= 11 is 0. The van der Waals surface area contributed by atoms with Crippen molar-refractivity contribution in [2.75, 3.05) is 13.2 Å². The molecule has 4 fully saturated rings. The van der Waals surface area contributed by atoms with Gasteiger partial charge in [0.15, 0.2) is 12.2 Å². The second-order valence-corrected chi connectivity index (χ2v) is 8.58. The van der Waals surface area contributed by atoms with Crippen molar-refractivity contribution in [1.29, 1.82) is 0 Å². The molecule has 0 bridgehead atoms. The molecular weight excluding hydrogens is 412 g/mol. The molecule has 10 nitrogen and oxygen atoms in total. The number of carbonyl (C=O) groups is 3. The molecule has 0 amide bonds. The van der Waals surface area contributed by atoms with Crippen LogP contribution < -0.4 is 0 Å². The molecule has 5 unspecified atom stereocenters. The highest BCUT2D eigenvalue weighted by Crippen LogP contribution is 2.37. The van der Waals surface area contributed by atoms with Gasteiger partial charge in [0.25, 0.3) is 0 Å². The molecule has 4 aliphatic heterocycles. The average Bonchev–Trinajstić information content (AvgIpc) is 3.37. The zero-order valence-corrected chi connectivity index (χ0v) is 18.8. The Morgan fingerprint density at radius 3 is 1.61 bits per heavy atom. The van der Waals surface area contributed by atoms with Gasteiger partial charge in [0.2, 0.25) is 6.29 Å². The van der Waals surface area contributed by atoms with Gasteiger partial charge in [0.1, 0.15) is 12.2 Å². The van der Waals surface area contributed by atoms with Gasteiger partial charge in [-0.1, -0.05) is 13.8 Å². The molecule has 31 heavy (non-hydrogen) atoms. The topological polar surface area (TPSA) is 116 Å². The normalized spacial score (nSPS) is 42.8. The van der Waals surface area contributed by atoms with Gasteiger partial charge in [0.05, 0.1) is 31.5 Å². The van der Waals surface area contributed by atoms with E-state index in [-0.39, 0.29) is 48.5 Å². The molecule has 0 radical (unpaired) electrons. The second-order valence-electron chi connectivity index (χ2n) is 8.58. The van der Waals surface area contributed by atoms with Crippen molar-refractivity contribution in [3.05, 3.63) is 0 Å². The Labute approximate surface area is 181 Å². The highest BCUT2D eigenvalue weighted by atomic mass is 16.7. The zero-order chi connectivity index (χ0) is 22.9. The Balaban J connectivity index is 0.000000179. The molecule has 0 spiro atoms. The Hall–Kier alpha value is -1.75. The van der Waals surface area contributed by atoms with Gasteiger partial charge in [-0.2, -0.15) is 0 Å². The zero-order valence-electron chi connectivity index (χ0n) is 18.8. The first-order valence-electron chi connectivity index (χ1n) is 10.6. The lowest BCUT2D eigenvalue weighted by Crippen LogP contribution is -2.38. The van der Waals surface area contributed by atoms with Gasteiger partial charge in [-0.25, -0.2) is 0 Å². The monoisotopic (exact) mass is 444 g/mol. The molecule has 176 valence electrons. The van der Waals surface area contributed by atoms with E-state index in [1.807, 2.05) is 13.8 Å². The minimum absolute atomic E-state index is 0.0587. The maximum Gasteiger partial charge on any atom is 0.305 e. The molecule has 10 atom stereocenters. The summed E-state index contributed by atoms with van der Waals surface area (Å²) in [5.74, 6) is -0.602. The number of hydrogen-bond donors (Lipinski definition) is 0. The van der Waals surface area contributed by atoms with Gasteiger partial charge in [-0.05, 0) is 6.92 Å². The fourth-order valence-corrected chi connectivity index (χ4v) is 4.45. The summed E-state index contributed by atoms with van der Waals surface area (Å²) in [6.07, 6.45) is -2.35. The number of esters is 3. The number of rotatable bonds is 3. The largest absolute Gasteiger partial charge is 0.457 e. The number of ether oxygens (including phenoxy) is 7. The van der Waals surface area contributed by atoms with Gasteiger partial charge in [0, 0.05) is 32.6 Å². The van der Waals surface area contributed by atoms with Crippen LogP contribution in [0.4, 0.5) is 0 Å². The first kappa shape index (κ1) is 23.9. The van der Waals surface area contributed by atoms with Crippen LogP contribution in [0.15, 0.2) is 0 Å². The van der Waals surface area contributed by atoms with Crippen LogP contribution in [0, 0.1) is 11.8 Å². The standard InChI is InChI=1S/C11H16O6.C10H16O4/c1-5-4-14-9-8(5)17-11(16-7(3)13)10(9)15-6(2)12;1-5-4-12-10-8(5)13-6(2)9(10)14-7(3)11/h5,8-11H,4H2,1-3H3;5-6,8-10H,4H2,1-3H3/t5-,8?,9?,10-,11?;5-,6+,8?,9+,10?/m11/s1. The van der Waals surface area contributed by atoms with Crippen molar-refractivity contribution < 1.29 is 47.5 Å². The molecule has 0 aromatic rings. The van der Waals surface area contributed by atoms with Crippen LogP contribution in [0.3, 0.4) is 0 Å². The highest BCUT2D eigenvalue weighted by molar-refractivity contribution is 5.67. The predicted octanol–water partition coefficient (Wildman–Crippen LogP) is 0.981. The van der Waals surface area contributed by atoms with Gasteiger partial charge >= 0.3 is 17.9 Å². The Morgan fingerprint density at radius 1 is 0.645 bits per heavy atom. The van der Waals surface area contributed by atoms with E-state index >= 15 is 0 Å². The Bertz CT molecular complexity index is 681. The molecule has 0 saturated carbocycles. The van der Waals surface area contributed by atoms with Crippen LogP contribution >= 0.6 is 0 Å². The lowest BCUT2D eigenvalue weighted by atomic mass is 10.0. The Morgan fingerprint density at radius 2 is 1.10 bits per heavy atom. The van der Waals surface area contributed by atoms with Crippen molar-refractivity contribution in [3.8, 4) is 0 Å². The summed E-state index contributed by atoms with van der Waals surface area (Å²) in [6.45, 7) is 11.2. The van der Waals surface area contributed by atoms with E-state index in [1.54, 1.807) is 0 Å². The van der Waals surface area contributed by atoms with Crippen LogP contribution in [0.25, 0.3) is 0 Å². The average molecular weight is 444 g/mol. The highest BCUT2D eigenvalue weighted by Gasteiger charge is 2.54. The summed E-state index contributed by atoms with van der Waals surface area (Å²) in [5.41, 5.74) is 0. The van der Waals surface area contributed by atoms with Crippen LogP contribution in [0.2, 0.25) is 0 Å². The number of fused-ring (bicyclic) bond motifs is 2. The van der Waals surface area contributed by atoms with E-state index in [2.05, 4.69) is 6.92 Å². The molecular formula is C21H32O10. The third-order valence-corrected chi connectivity index (χ3v) is 5.80. The predicted molar refractivity (Wildman–Crippen MR) is 104 cm³/mol.